The highest BCUT2D eigenvalue weighted by molar-refractivity contribution is 7.90. The number of anilines is 1. The summed E-state index contributed by atoms with van der Waals surface area (Å²) in [7, 11) is -3.52. The highest BCUT2D eigenvalue weighted by Crippen LogP contribution is 2.37. The van der Waals surface area contributed by atoms with E-state index >= 15 is 0 Å². The number of halogens is 2. The van der Waals surface area contributed by atoms with E-state index in [-0.39, 0.29) is 10.6 Å². The van der Waals surface area contributed by atoms with Gasteiger partial charge in [0, 0.05) is 23.6 Å². The van der Waals surface area contributed by atoms with Gasteiger partial charge in [-0.05, 0) is 49.2 Å². The molecule has 4 aromatic rings. The summed E-state index contributed by atoms with van der Waals surface area (Å²) in [6, 6.07) is 16.0. The van der Waals surface area contributed by atoms with Gasteiger partial charge in [0.1, 0.15) is 0 Å². The lowest BCUT2D eigenvalue weighted by atomic mass is 10.0. The molecule has 4 rings (SSSR count). The van der Waals surface area contributed by atoms with Gasteiger partial charge < -0.3 is 10.6 Å². The third-order valence-corrected chi connectivity index (χ3v) is 8.31. The van der Waals surface area contributed by atoms with Crippen LogP contribution in [0.5, 0.6) is 0 Å². The molecule has 1 atom stereocenters. The highest BCUT2D eigenvalue weighted by Gasteiger charge is 2.19. The summed E-state index contributed by atoms with van der Waals surface area (Å²) in [5.41, 5.74) is 4.08. The molecule has 0 bridgehead atoms. The summed E-state index contributed by atoms with van der Waals surface area (Å²) >= 11 is 13.0. The Bertz CT molecular complexity index is 1510. The van der Waals surface area contributed by atoms with Crippen molar-refractivity contribution in [1.29, 1.82) is 0 Å². The van der Waals surface area contributed by atoms with Crippen molar-refractivity contribution in [3.8, 4) is 11.3 Å². The van der Waals surface area contributed by atoms with Gasteiger partial charge in [-0.15, -0.1) is 0 Å². The molecule has 1 heterocycles. The average molecular weight is 555 g/mol. The maximum absolute atomic E-state index is 12.8. The molecule has 0 fully saturated rings. The van der Waals surface area contributed by atoms with Crippen LogP contribution in [0.15, 0.2) is 84.1 Å². The fourth-order valence-electron chi connectivity index (χ4n) is 3.71. The summed E-state index contributed by atoms with van der Waals surface area (Å²) in [5.74, 6) is -0.100. The number of rotatable bonds is 7. The maximum Gasteiger partial charge on any atom is 0.319 e. The molecule has 0 unspecified atom stereocenters. The van der Waals surface area contributed by atoms with E-state index in [0.717, 1.165) is 5.56 Å². The van der Waals surface area contributed by atoms with Crippen molar-refractivity contribution < 1.29 is 13.2 Å². The van der Waals surface area contributed by atoms with Crippen LogP contribution < -0.4 is 10.6 Å². The number of hydrogen-bond donors (Lipinski definition) is 2. The summed E-state index contributed by atoms with van der Waals surface area (Å²) in [6.07, 6.45) is 4.72. The van der Waals surface area contributed by atoms with Crippen LogP contribution >= 0.6 is 23.2 Å². The van der Waals surface area contributed by atoms with Crippen molar-refractivity contribution in [2.24, 2.45) is 0 Å². The lowest BCUT2D eigenvalue weighted by molar-refractivity contribution is 0.249. The molecule has 0 saturated heterocycles. The predicted molar refractivity (Wildman–Crippen MR) is 147 cm³/mol. The molecule has 2 N–H and O–H groups in total. The second kappa shape index (κ2) is 11.3. The van der Waals surface area contributed by atoms with Crippen LogP contribution in [-0.4, -0.2) is 24.4 Å². The zero-order valence-electron chi connectivity index (χ0n) is 20.1. The lowest BCUT2D eigenvalue weighted by Crippen LogP contribution is -2.31. The predicted octanol–water partition coefficient (Wildman–Crippen LogP) is 6.62. The number of amides is 2. The van der Waals surface area contributed by atoms with Gasteiger partial charge in [-0.3, -0.25) is 9.97 Å². The number of benzene rings is 3. The molecule has 37 heavy (non-hydrogen) atoms. The second-order valence-corrected chi connectivity index (χ2v) is 11.3. The molecule has 0 spiro atoms. The minimum atomic E-state index is -3.52. The van der Waals surface area contributed by atoms with E-state index in [4.69, 9.17) is 23.2 Å². The number of nitrogens with one attached hydrogen (secondary N) is 2. The summed E-state index contributed by atoms with van der Waals surface area (Å²) in [6.45, 7) is 3.72. The van der Waals surface area contributed by atoms with Gasteiger partial charge >= 0.3 is 6.03 Å². The molecule has 0 aliphatic rings. The van der Waals surface area contributed by atoms with Crippen LogP contribution in [0.3, 0.4) is 0 Å². The maximum atomic E-state index is 12.8. The van der Waals surface area contributed by atoms with Gasteiger partial charge in [0.15, 0.2) is 9.84 Å². The van der Waals surface area contributed by atoms with Crippen molar-refractivity contribution in [3.05, 3.63) is 106 Å². The number of carbonyl (C=O) groups is 1. The normalized spacial score (nSPS) is 12.1. The number of sulfone groups is 1. The largest absolute Gasteiger partial charge is 0.331 e. The Hall–Kier alpha value is -3.46. The Labute approximate surface area is 225 Å². The molecule has 2 amide bonds. The summed E-state index contributed by atoms with van der Waals surface area (Å²) < 4.78 is 25.5. The quantitative estimate of drug-likeness (QED) is 0.267. The minimum Gasteiger partial charge on any atom is -0.331 e. The van der Waals surface area contributed by atoms with Gasteiger partial charge in [-0.25, -0.2) is 13.2 Å². The minimum absolute atomic E-state index is 0.100. The van der Waals surface area contributed by atoms with Gasteiger partial charge in [0.2, 0.25) is 0 Å². The van der Waals surface area contributed by atoms with Crippen LogP contribution in [0, 0.1) is 6.92 Å². The molecule has 190 valence electrons. The number of nitrogens with zero attached hydrogens (tertiary/aromatic N) is 2. The molecule has 0 saturated carbocycles. The number of urea groups is 1. The van der Waals surface area contributed by atoms with E-state index < -0.39 is 21.9 Å². The van der Waals surface area contributed by atoms with Gasteiger partial charge in [0.25, 0.3) is 0 Å². The van der Waals surface area contributed by atoms with Crippen LogP contribution in [0.1, 0.15) is 29.7 Å². The van der Waals surface area contributed by atoms with Crippen LogP contribution in [0.2, 0.25) is 10.0 Å². The summed E-state index contributed by atoms with van der Waals surface area (Å²) in [5, 5.41) is 6.15. The zero-order chi connectivity index (χ0) is 26.6. The van der Waals surface area contributed by atoms with Gasteiger partial charge in [-0.1, -0.05) is 65.2 Å². The van der Waals surface area contributed by atoms with Crippen LogP contribution in [0.4, 0.5) is 10.5 Å². The Morgan fingerprint density at radius 2 is 1.65 bits per heavy atom. The molecule has 0 aliphatic carbocycles. The molecule has 0 aliphatic heterocycles. The fourth-order valence-corrected chi connectivity index (χ4v) is 5.66. The first-order valence-electron chi connectivity index (χ1n) is 11.3. The van der Waals surface area contributed by atoms with Crippen LogP contribution in [0.25, 0.3) is 11.3 Å². The number of carbonyl (C=O) groups excluding carboxylic acids is 1. The molecule has 10 heteroatoms. The molecule has 3 aromatic carbocycles. The Morgan fingerprint density at radius 1 is 0.946 bits per heavy atom. The van der Waals surface area contributed by atoms with E-state index in [1.807, 2.05) is 19.1 Å². The van der Waals surface area contributed by atoms with E-state index in [1.165, 1.54) is 12.1 Å². The molecule has 1 aromatic heterocycles. The third kappa shape index (κ3) is 6.46. The second-order valence-electron chi connectivity index (χ2n) is 8.51. The van der Waals surface area contributed by atoms with E-state index in [9.17, 15) is 13.2 Å². The first-order chi connectivity index (χ1) is 17.6. The monoisotopic (exact) mass is 554 g/mol. The van der Waals surface area contributed by atoms with Crippen LogP contribution in [-0.2, 0) is 15.6 Å². The molecular formula is C27H24Cl2N4O3S. The van der Waals surface area contributed by atoms with E-state index in [0.29, 0.717) is 38.1 Å². The van der Waals surface area contributed by atoms with Crippen molar-refractivity contribution in [2.75, 3.05) is 5.32 Å². The van der Waals surface area contributed by atoms with Crippen molar-refractivity contribution in [1.82, 2.24) is 15.3 Å². The number of hydrogen-bond acceptors (Lipinski definition) is 5. The average Bonchev–Trinajstić information content (AvgIpc) is 2.87. The van der Waals surface area contributed by atoms with Crippen molar-refractivity contribution >= 4 is 44.8 Å². The van der Waals surface area contributed by atoms with Gasteiger partial charge in [-0.2, -0.15) is 0 Å². The topological polar surface area (TPSA) is 101 Å². The first kappa shape index (κ1) is 26.6. The zero-order valence-corrected chi connectivity index (χ0v) is 22.4. The Morgan fingerprint density at radius 3 is 2.30 bits per heavy atom. The van der Waals surface area contributed by atoms with E-state index in [2.05, 4.69) is 20.6 Å². The standard InChI is InChI=1S/C27H24Cl2N4O3S/c1-17-3-5-19(6-4-17)16-37(35,36)21-9-7-20(8-10-21)33-27(34)32-18(2)22-11-12-23(26(29)25(22)28)24-15-30-13-14-31-24/h3-15,18H,16H2,1-2H3,(H2,32,33,34)/t18-/m0/s1. The lowest BCUT2D eigenvalue weighted by Gasteiger charge is -2.18. The third-order valence-electron chi connectivity index (χ3n) is 5.71. The van der Waals surface area contributed by atoms with Crippen molar-refractivity contribution in [2.45, 2.75) is 30.5 Å². The fraction of sp³-hybridized carbons (Fsp3) is 0.148. The Balaban J connectivity index is 1.40. The summed E-state index contributed by atoms with van der Waals surface area (Å²) in [4.78, 5) is 21.1. The number of aromatic nitrogens is 2. The van der Waals surface area contributed by atoms with Gasteiger partial charge in [0.05, 0.1) is 38.6 Å². The van der Waals surface area contributed by atoms with E-state index in [1.54, 1.807) is 61.9 Å². The number of aryl methyl sites for hydroxylation is 1. The Kier molecular flexibility index (Phi) is 8.12. The SMILES string of the molecule is Cc1ccc(CS(=O)(=O)c2ccc(NC(=O)N[C@@H](C)c3ccc(-c4cnccn4)c(Cl)c3Cl)cc2)cc1. The first-order valence-corrected chi connectivity index (χ1v) is 13.7. The molecule has 7 nitrogen and oxygen atoms in total. The van der Waals surface area contributed by atoms with Crippen molar-refractivity contribution in [3.63, 3.8) is 0 Å². The molecule has 0 radical (unpaired) electrons. The molecular weight excluding hydrogens is 531 g/mol. The smallest absolute Gasteiger partial charge is 0.319 e. The highest BCUT2D eigenvalue weighted by atomic mass is 35.5.